The van der Waals surface area contributed by atoms with Crippen molar-refractivity contribution in [2.75, 3.05) is 26.4 Å². The first-order valence-corrected chi connectivity index (χ1v) is 4.49. The number of rotatable bonds is 5. The van der Waals surface area contributed by atoms with Gasteiger partial charge in [0.15, 0.2) is 0 Å². The van der Waals surface area contributed by atoms with Crippen molar-refractivity contribution in [3.63, 3.8) is 0 Å². The summed E-state index contributed by atoms with van der Waals surface area (Å²) in [6.07, 6.45) is 1.20. The van der Waals surface area contributed by atoms with E-state index in [0.29, 0.717) is 26.4 Å². The van der Waals surface area contributed by atoms with Crippen LogP contribution in [0.15, 0.2) is 12.7 Å². The van der Waals surface area contributed by atoms with E-state index < -0.39 is 6.16 Å². The zero-order valence-corrected chi connectivity index (χ0v) is 7.95. The van der Waals surface area contributed by atoms with Gasteiger partial charge in [0.25, 0.3) is 0 Å². The molecule has 0 atom stereocenters. The molecule has 4 nitrogen and oxygen atoms in total. The fourth-order valence-corrected chi connectivity index (χ4v) is 1.04. The zero-order chi connectivity index (χ0) is 9.57. The van der Waals surface area contributed by atoms with Gasteiger partial charge in [-0.2, -0.15) is 0 Å². The molecule has 0 unspecified atom stereocenters. The molecule has 0 aromatic rings. The third-order valence-electron chi connectivity index (χ3n) is 1.55. The maximum atomic E-state index is 5.29. The summed E-state index contributed by atoms with van der Waals surface area (Å²) in [5, 5.41) is 0. The second kappa shape index (κ2) is 5.34. The molecular weight excluding hydrogens is 172 g/mol. The molecule has 76 valence electrons. The van der Waals surface area contributed by atoms with Crippen LogP contribution in [0.2, 0.25) is 0 Å². The molecule has 0 radical (unpaired) electrons. The molecule has 1 saturated heterocycles. The summed E-state index contributed by atoms with van der Waals surface area (Å²) in [5.41, 5.74) is 0. The average molecular weight is 188 g/mol. The highest BCUT2D eigenvalue weighted by Gasteiger charge is 2.37. The van der Waals surface area contributed by atoms with E-state index in [1.807, 2.05) is 6.92 Å². The Morgan fingerprint density at radius 2 is 2.08 bits per heavy atom. The SMILES string of the molecule is C=CCOC1(OCC)OCCCO1. The Bertz CT molecular complexity index is 146. The monoisotopic (exact) mass is 188 g/mol. The summed E-state index contributed by atoms with van der Waals surface area (Å²) >= 11 is 0. The van der Waals surface area contributed by atoms with Gasteiger partial charge < -0.3 is 14.2 Å². The lowest BCUT2D eigenvalue weighted by atomic mass is 10.5. The number of hydrogen-bond acceptors (Lipinski definition) is 4. The third kappa shape index (κ3) is 3.08. The van der Waals surface area contributed by atoms with Crippen molar-refractivity contribution < 1.29 is 18.9 Å². The van der Waals surface area contributed by atoms with E-state index in [0.717, 1.165) is 6.42 Å². The van der Waals surface area contributed by atoms with Crippen LogP contribution >= 0.6 is 0 Å². The Morgan fingerprint density at radius 3 is 2.62 bits per heavy atom. The molecule has 0 saturated carbocycles. The predicted molar refractivity (Wildman–Crippen MR) is 47.0 cm³/mol. The maximum Gasteiger partial charge on any atom is 0.412 e. The highest BCUT2D eigenvalue weighted by molar-refractivity contribution is 4.65. The highest BCUT2D eigenvalue weighted by Crippen LogP contribution is 2.21. The van der Waals surface area contributed by atoms with E-state index in [4.69, 9.17) is 18.9 Å². The molecule has 1 fully saturated rings. The van der Waals surface area contributed by atoms with E-state index in [1.165, 1.54) is 0 Å². The summed E-state index contributed by atoms with van der Waals surface area (Å²) in [6.45, 7) is 7.43. The second-order valence-electron chi connectivity index (χ2n) is 2.58. The Kier molecular flexibility index (Phi) is 4.38. The van der Waals surface area contributed by atoms with E-state index in [2.05, 4.69) is 6.58 Å². The molecule has 1 heterocycles. The minimum Gasteiger partial charge on any atom is -0.304 e. The lowest BCUT2D eigenvalue weighted by Gasteiger charge is -2.34. The first kappa shape index (κ1) is 10.7. The van der Waals surface area contributed by atoms with E-state index in [-0.39, 0.29) is 0 Å². The Morgan fingerprint density at radius 1 is 1.38 bits per heavy atom. The zero-order valence-electron chi connectivity index (χ0n) is 7.95. The van der Waals surface area contributed by atoms with E-state index >= 15 is 0 Å². The predicted octanol–water partition coefficient (Wildman–Crippen LogP) is 1.27. The first-order valence-electron chi connectivity index (χ1n) is 4.49. The van der Waals surface area contributed by atoms with Crippen LogP contribution in [0.3, 0.4) is 0 Å². The van der Waals surface area contributed by atoms with Gasteiger partial charge in [0, 0.05) is 0 Å². The molecule has 0 aliphatic carbocycles. The summed E-state index contributed by atoms with van der Waals surface area (Å²) in [7, 11) is 0. The standard InChI is InChI=1S/C9H16O4/c1-3-6-11-9(10-4-2)12-7-5-8-13-9/h3H,1,4-8H2,2H3. The lowest BCUT2D eigenvalue weighted by Crippen LogP contribution is -2.45. The van der Waals surface area contributed by atoms with Crippen LogP contribution in [0, 0.1) is 0 Å². The van der Waals surface area contributed by atoms with Gasteiger partial charge in [0.1, 0.15) is 0 Å². The normalized spacial score (nSPS) is 21.3. The van der Waals surface area contributed by atoms with Gasteiger partial charge in [-0.25, -0.2) is 0 Å². The fraction of sp³-hybridized carbons (Fsp3) is 0.778. The largest absolute Gasteiger partial charge is 0.412 e. The quantitative estimate of drug-likeness (QED) is 0.481. The average Bonchev–Trinajstić information content (AvgIpc) is 2.17. The molecule has 13 heavy (non-hydrogen) atoms. The van der Waals surface area contributed by atoms with Gasteiger partial charge in [-0.3, -0.25) is 4.74 Å². The van der Waals surface area contributed by atoms with Crippen molar-refractivity contribution in [2.24, 2.45) is 0 Å². The lowest BCUT2D eigenvalue weighted by molar-refractivity contribution is -0.509. The second-order valence-corrected chi connectivity index (χ2v) is 2.58. The Hall–Kier alpha value is -0.420. The molecule has 1 rings (SSSR count). The first-order chi connectivity index (χ1) is 6.33. The minimum absolute atomic E-state index is 0.347. The van der Waals surface area contributed by atoms with Crippen molar-refractivity contribution in [3.8, 4) is 0 Å². The Labute approximate surface area is 78.4 Å². The third-order valence-corrected chi connectivity index (χ3v) is 1.55. The van der Waals surface area contributed by atoms with Crippen molar-refractivity contribution >= 4 is 0 Å². The van der Waals surface area contributed by atoms with Crippen LogP contribution in [0.4, 0.5) is 0 Å². The van der Waals surface area contributed by atoms with Gasteiger partial charge >= 0.3 is 6.16 Å². The molecule has 1 aliphatic heterocycles. The smallest absolute Gasteiger partial charge is 0.304 e. The molecule has 0 aromatic heterocycles. The van der Waals surface area contributed by atoms with Crippen molar-refractivity contribution in [1.82, 2.24) is 0 Å². The molecule has 1 aliphatic rings. The van der Waals surface area contributed by atoms with Crippen molar-refractivity contribution in [2.45, 2.75) is 19.5 Å². The van der Waals surface area contributed by atoms with Gasteiger partial charge in [-0.15, -0.1) is 6.58 Å². The van der Waals surface area contributed by atoms with Crippen molar-refractivity contribution in [1.29, 1.82) is 0 Å². The molecular formula is C9H16O4. The van der Waals surface area contributed by atoms with E-state index in [9.17, 15) is 0 Å². The molecule has 0 amide bonds. The fourth-order valence-electron chi connectivity index (χ4n) is 1.04. The summed E-state index contributed by atoms with van der Waals surface area (Å²) in [4.78, 5) is 0. The number of ether oxygens (including phenoxy) is 4. The van der Waals surface area contributed by atoms with Crippen LogP contribution in [-0.2, 0) is 18.9 Å². The van der Waals surface area contributed by atoms with Gasteiger partial charge in [-0.1, -0.05) is 6.08 Å². The van der Waals surface area contributed by atoms with E-state index in [1.54, 1.807) is 6.08 Å². The van der Waals surface area contributed by atoms with Crippen LogP contribution in [0.5, 0.6) is 0 Å². The van der Waals surface area contributed by atoms with Crippen molar-refractivity contribution in [3.05, 3.63) is 12.7 Å². The topological polar surface area (TPSA) is 36.9 Å². The summed E-state index contributed by atoms with van der Waals surface area (Å²) in [6, 6.07) is 0. The van der Waals surface area contributed by atoms with Crippen LogP contribution in [0.1, 0.15) is 13.3 Å². The molecule has 0 spiro atoms. The highest BCUT2D eigenvalue weighted by atomic mass is 17.0. The molecule has 0 bridgehead atoms. The maximum absolute atomic E-state index is 5.29. The van der Waals surface area contributed by atoms with Crippen LogP contribution in [-0.4, -0.2) is 32.6 Å². The number of hydrogen-bond donors (Lipinski definition) is 0. The van der Waals surface area contributed by atoms with Crippen LogP contribution < -0.4 is 0 Å². The molecule has 0 aromatic carbocycles. The van der Waals surface area contributed by atoms with Crippen LogP contribution in [0.25, 0.3) is 0 Å². The Balaban J connectivity index is 2.44. The van der Waals surface area contributed by atoms with Gasteiger partial charge in [0.2, 0.25) is 0 Å². The van der Waals surface area contributed by atoms with Gasteiger partial charge in [-0.05, 0) is 13.3 Å². The minimum atomic E-state index is -1.29. The molecule has 0 N–H and O–H groups in total. The van der Waals surface area contributed by atoms with Gasteiger partial charge in [0.05, 0.1) is 26.4 Å². The summed E-state index contributed by atoms with van der Waals surface area (Å²) < 4.78 is 21.1. The summed E-state index contributed by atoms with van der Waals surface area (Å²) in [5.74, 6) is 0. The molecule has 4 heteroatoms.